The number of hydrogen-bond acceptors (Lipinski definition) is 3. The van der Waals surface area contributed by atoms with Crippen molar-refractivity contribution < 1.29 is 13.2 Å². The van der Waals surface area contributed by atoms with Crippen molar-refractivity contribution in [2.45, 2.75) is 33.2 Å². The molecule has 0 unspecified atom stereocenters. The van der Waals surface area contributed by atoms with E-state index in [2.05, 4.69) is 28.9 Å². The average molecular weight is 464 g/mol. The molecule has 1 amide bonds. The summed E-state index contributed by atoms with van der Waals surface area (Å²) in [5.74, 6) is -0.133. The van der Waals surface area contributed by atoms with E-state index in [0.29, 0.717) is 12.1 Å². The molecule has 0 fully saturated rings. The number of carbonyl (C=O) groups is 1. The van der Waals surface area contributed by atoms with Gasteiger partial charge in [0.2, 0.25) is 15.9 Å². The molecule has 1 heterocycles. The van der Waals surface area contributed by atoms with Gasteiger partial charge in [0, 0.05) is 47.0 Å². The highest BCUT2D eigenvalue weighted by Gasteiger charge is 2.18. The van der Waals surface area contributed by atoms with Gasteiger partial charge in [-0.3, -0.25) is 9.10 Å². The fraction of sp³-hybridized carbons (Fsp3) is 0.269. The summed E-state index contributed by atoms with van der Waals surface area (Å²) in [5.41, 5.74) is 4.73. The number of aromatic nitrogens is 1. The maximum atomic E-state index is 12.6. The van der Waals surface area contributed by atoms with Gasteiger partial charge in [0.15, 0.2) is 0 Å². The van der Waals surface area contributed by atoms with Crippen molar-refractivity contribution in [3.8, 4) is 0 Å². The van der Waals surface area contributed by atoms with Crippen LogP contribution in [0.5, 0.6) is 0 Å². The largest absolute Gasteiger partial charge is 0.341 e. The van der Waals surface area contributed by atoms with Crippen LogP contribution in [-0.2, 0) is 21.4 Å². The Balaban J connectivity index is 1.45. The van der Waals surface area contributed by atoms with Crippen molar-refractivity contribution in [3.05, 3.63) is 72.3 Å². The third-order valence-corrected chi connectivity index (χ3v) is 7.05. The lowest BCUT2D eigenvalue weighted by atomic mass is 10.1. The van der Waals surface area contributed by atoms with Crippen LogP contribution in [0.2, 0.25) is 0 Å². The summed E-state index contributed by atoms with van der Waals surface area (Å²) in [6.07, 6.45) is 1.84. The van der Waals surface area contributed by atoms with Gasteiger partial charge >= 0.3 is 0 Å². The van der Waals surface area contributed by atoms with E-state index < -0.39 is 10.0 Å². The third kappa shape index (κ3) is 4.88. The van der Waals surface area contributed by atoms with Gasteiger partial charge in [-0.05, 0) is 56.7 Å². The fourth-order valence-electron chi connectivity index (χ4n) is 4.28. The minimum absolute atomic E-state index is 0.133. The van der Waals surface area contributed by atoms with Gasteiger partial charge < -0.3 is 9.88 Å². The molecule has 6 nitrogen and oxygen atoms in total. The first-order valence-electron chi connectivity index (χ1n) is 11.1. The molecule has 1 aromatic heterocycles. The van der Waals surface area contributed by atoms with Crippen LogP contribution in [0.4, 0.5) is 11.4 Å². The van der Waals surface area contributed by atoms with E-state index in [0.717, 1.165) is 34.1 Å². The molecule has 4 aromatic rings. The van der Waals surface area contributed by atoms with Gasteiger partial charge in [-0.15, -0.1) is 0 Å². The molecule has 0 bridgehead atoms. The Labute approximate surface area is 194 Å². The number of nitrogens with zero attached hydrogens (tertiary/aromatic N) is 2. The van der Waals surface area contributed by atoms with E-state index in [1.807, 2.05) is 49.4 Å². The van der Waals surface area contributed by atoms with E-state index in [4.69, 9.17) is 0 Å². The summed E-state index contributed by atoms with van der Waals surface area (Å²) in [7, 11) is -3.43. The highest BCUT2D eigenvalue weighted by molar-refractivity contribution is 7.92. The van der Waals surface area contributed by atoms with Gasteiger partial charge in [0.25, 0.3) is 0 Å². The maximum Gasteiger partial charge on any atom is 0.232 e. The van der Waals surface area contributed by atoms with Crippen LogP contribution in [-0.4, -0.2) is 31.7 Å². The monoisotopic (exact) mass is 463 g/mol. The lowest BCUT2D eigenvalue weighted by molar-refractivity contribution is -0.116. The Bertz CT molecular complexity index is 1410. The molecule has 0 aliphatic rings. The zero-order valence-electron chi connectivity index (χ0n) is 19.2. The second kappa shape index (κ2) is 9.27. The summed E-state index contributed by atoms with van der Waals surface area (Å²) in [6.45, 7) is 5.19. The first-order chi connectivity index (χ1) is 15.8. The molecule has 3 aromatic carbocycles. The van der Waals surface area contributed by atoms with Gasteiger partial charge in [-0.1, -0.05) is 35.9 Å². The van der Waals surface area contributed by atoms with Crippen LogP contribution < -0.4 is 9.62 Å². The maximum absolute atomic E-state index is 12.6. The number of aryl methyl sites for hydroxylation is 2. The van der Waals surface area contributed by atoms with E-state index >= 15 is 0 Å². The number of fused-ring (bicyclic) bond motifs is 3. The number of nitrogens with one attached hydrogen (secondary N) is 1. The minimum Gasteiger partial charge on any atom is -0.341 e. The molecule has 0 radical (unpaired) electrons. The van der Waals surface area contributed by atoms with Crippen LogP contribution in [0.25, 0.3) is 21.8 Å². The molecule has 7 heteroatoms. The topological polar surface area (TPSA) is 71.4 Å². The molecule has 0 saturated carbocycles. The van der Waals surface area contributed by atoms with Crippen LogP contribution in [0, 0.1) is 6.92 Å². The molecule has 0 atom stereocenters. The van der Waals surface area contributed by atoms with Gasteiger partial charge in [0.05, 0.1) is 11.9 Å². The molecule has 1 N–H and O–H groups in total. The Morgan fingerprint density at radius 1 is 0.970 bits per heavy atom. The highest BCUT2D eigenvalue weighted by Crippen LogP contribution is 2.31. The van der Waals surface area contributed by atoms with Crippen molar-refractivity contribution in [3.63, 3.8) is 0 Å². The lowest BCUT2D eigenvalue weighted by Crippen LogP contribution is -2.31. The molecule has 0 aliphatic carbocycles. The van der Waals surface area contributed by atoms with Crippen LogP contribution in [0.1, 0.15) is 25.3 Å². The number of hydrogen-bond donors (Lipinski definition) is 1. The van der Waals surface area contributed by atoms with E-state index in [1.54, 1.807) is 12.1 Å². The predicted octanol–water partition coefficient (Wildman–Crippen LogP) is 5.31. The van der Waals surface area contributed by atoms with Crippen molar-refractivity contribution in [1.82, 2.24) is 4.57 Å². The lowest BCUT2D eigenvalue weighted by Gasteiger charge is -2.22. The van der Waals surface area contributed by atoms with Crippen LogP contribution in [0.15, 0.2) is 66.7 Å². The number of amides is 1. The second-order valence-electron chi connectivity index (χ2n) is 8.32. The quantitative estimate of drug-likeness (QED) is 0.385. The predicted molar refractivity (Wildman–Crippen MR) is 136 cm³/mol. The first-order valence-corrected chi connectivity index (χ1v) is 13.0. The highest BCUT2D eigenvalue weighted by atomic mass is 32.2. The number of para-hydroxylation sites is 1. The summed E-state index contributed by atoms with van der Waals surface area (Å²) in [6, 6.07) is 21.6. The van der Waals surface area contributed by atoms with Gasteiger partial charge in [-0.2, -0.15) is 0 Å². The van der Waals surface area contributed by atoms with Crippen molar-refractivity contribution in [1.29, 1.82) is 0 Å². The zero-order chi connectivity index (χ0) is 23.6. The zero-order valence-corrected chi connectivity index (χ0v) is 20.0. The summed E-state index contributed by atoms with van der Waals surface area (Å²) < 4.78 is 28.1. The van der Waals surface area contributed by atoms with Crippen LogP contribution >= 0.6 is 0 Å². The Morgan fingerprint density at radius 2 is 1.67 bits per heavy atom. The van der Waals surface area contributed by atoms with Crippen molar-refractivity contribution in [2.24, 2.45) is 0 Å². The molecule has 0 saturated heterocycles. The van der Waals surface area contributed by atoms with Crippen LogP contribution in [0.3, 0.4) is 0 Å². The molecule has 0 aliphatic heterocycles. The molecule has 172 valence electrons. The summed E-state index contributed by atoms with van der Waals surface area (Å²) in [5, 5.41) is 5.23. The molecular weight excluding hydrogens is 434 g/mol. The number of rotatable bonds is 8. The van der Waals surface area contributed by atoms with Gasteiger partial charge in [0.1, 0.15) is 0 Å². The van der Waals surface area contributed by atoms with E-state index in [9.17, 15) is 13.2 Å². The SMILES string of the molecule is CCn1c2ccccc2c2cc(NC(=O)CCCN(c3ccc(C)cc3)S(C)(=O)=O)ccc21. The van der Waals surface area contributed by atoms with E-state index in [-0.39, 0.29) is 18.9 Å². The number of benzene rings is 3. The minimum atomic E-state index is -3.43. The van der Waals surface area contributed by atoms with Crippen molar-refractivity contribution >= 4 is 49.1 Å². The second-order valence-corrected chi connectivity index (χ2v) is 10.2. The van der Waals surface area contributed by atoms with Crippen molar-refractivity contribution in [2.75, 3.05) is 22.4 Å². The fourth-order valence-corrected chi connectivity index (χ4v) is 5.24. The van der Waals surface area contributed by atoms with E-state index in [1.165, 1.54) is 16.1 Å². The molecule has 33 heavy (non-hydrogen) atoms. The number of carbonyl (C=O) groups excluding carboxylic acids is 1. The Kier molecular flexibility index (Phi) is 6.42. The normalized spacial score (nSPS) is 11.7. The smallest absolute Gasteiger partial charge is 0.232 e. The summed E-state index contributed by atoms with van der Waals surface area (Å²) in [4.78, 5) is 12.6. The molecule has 4 rings (SSSR count). The number of anilines is 2. The summed E-state index contributed by atoms with van der Waals surface area (Å²) >= 11 is 0. The average Bonchev–Trinajstić information content (AvgIpc) is 3.10. The Morgan fingerprint density at radius 3 is 2.36 bits per heavy atom. The van der Waals surface area contributed by atoms with Gasteiger partial charge in [-0.25, -0.2) is 8.42 Å². The molecular formula is C26H29N3O3S. The Hall–Kier alpha value is -3.32. The molecule has 0 spiro atoms. The third-order valence-electron chi connectivity index (χ3n) is 5.86. The number of sulfonamides is 1. The first kappa shape index (κ1) is 22.9. The standard InChI is InChI=1S/C26H29N3O3S/c1-4-28-24-9-6-5-8-22(24)23-18-20(13-16-25(23)28)27-26(30)10-7-17-29(33(3,31)32)21-14-11-19(2)12-15-21/h5-6,8-9,11-16,18H,4,7,10,17H2,1-3H3,(H,27,30).